The second-order valence-electron chi connectivity index (χ2n) is 5.14. The van der Waals surface area contributed by atoms with Crippen molar-refractivity contribution in [1.29, 1.82) is 0 Å². The summed E-state index contributed by atoms with van der Waals surface area (Å²) in [6, 6.07) is 3.53. The molecule has 22 heavy (non-hydrogen) atoms. The van der Waals surface area contributed by atoms with E-state index in [1.54, 1.807) is 18.3 Å². The van der Waals surface area contributed by atoms with E-state index < -0.39 is 0 Å². The van der Waals surface area contributed by atoms with Crippen molar-refractivity contribution in [3.63, 3.8) is 0 Å². The van der Waals surface area contributed by atoms with E-state index in [1.165, 1.54) is 4.90 Å². The van der Waals surface area contributed by atoms with Crippen molar-refractivity contribution in [2.75, 3.05) is 18.1 Å². The molecule has 2 aromatic heterocycles. The topological polar surface area (TPSA) is 90.6 Å². The monoisotopic (exact) mass is 302 g/mol. The highest BCUT2D eigenvalue weighted by Gasteiger charge is 2.29. The summed E-state index contributed by atoms with van der Waals surface area (Å²) >= 11 is 0. The Labute approximate surface area is 126 Å². The zero-order chi connectivity index (χ0) is 14.9. The molecule has 0 aliphatic carbocycles. The van der Waals surface area contributed by atoms with Crippen LogP contribution in [0.2, 0.25) is 0 Å². The summed E-state index contributed by atoms with van der Waals surface area (Å²) in [6.07, 6.45) is 3.35. The maximum Gasteiger partial charge on any atom is 0.266 e. The van der Waals surface area contributed by atoms with Gasteiger partial charge >= 0.3 is 0 Å². The minimum atomic E-state index is -0.185. The van der Waals surface area contributed by atoms with Gasteiger partial charge in [0.15, 0.2) is 24.0 Å². The van der Waals surface area contributed by atoms with Crippen LogP contribution in [0.4, 0.5) is 5.82 Å². The highest BCUT2D eigenvalue weighted by Crippen LogP contribution is 2.31. The third kappa shape index (κ3) is 2.31. The van der Waals surface area contributed by atoms with Gasteiger partial charge in [0.05, 0.1) is 6.54 Å². The van der Waals surface area contributed by atoms with Gasteiger partial charge in [-0.3, -0.25) is 9.69 Å². The lowest BCUT2D eigenvalue weighted by Crippen LogP contribution is -2.39. The van der Waals surface area contributed by atoms with Crippen LogP contribution < -0.4 is 9.64 Å². The first-order chi connectivity index (χ1) is 10.8. The summed E-state index contributed by atoms with van der Waals surface area (Å²) in [6.45, 7) is 0.888. The lowest BCUT2D eigenvalue weighted by molar-refractivity contribution is -0.121. The molecule has 1 unspecified atom stereocenters. The molecule has 4 rings (SSSR count). The van der Waals surface area contributed by atoms with E-state index in [2.05, 4.69) is 15.1 Å². The van der Waals surface area contributed by atoms with Crippen LogP contribution in [0.1, 0.15) is 30.7 Å². The molecule has 0 N–H and O–H groups in total. The van der Waals surface area contributed by atoms with E-state index >= 15 is 0 Å². The number of ether oxygens (including phenoxy) is 2. The van der Waals surface area contributed by atoms with Crippen LogP contribution in [0, 0.1) is 0 Å². The average Bonchev–Trinajstić information content (AvgIpc) is 3.21. The Morgan fingerprint density at radius 2 is 2.36 bits per heavy atom. The van der Waals surface area contributed by atoms with Crippen LogP contribution in [-0.4, -0.2) is 34.2 Å². The number of aromatic nitrogens is 3. The van der Waals surface area contributed by atoms with Crippen molar-refractivity contribution in [1.82, 2.24) is 15.1 Å². The van der Waals surface area contributed by atoms with Gasteiger partial charge in [0, 0.05) is 12.8 Å². The maximum atomic E-state index is 12.1. The Kier molecular flexibility index (Phi) is 3.23. The molecule has 0 saturated carbocycles. The number of anilines is 1. The molecular formula is C14H14N4O4. The fourth-order valence-electron chi connectivity index (χ4n) is 2.57. The first-order valence-corrected chi connectivity index (χ1v) is 7.13. The summed E-state index contributed by atoms with van der Waals surface area (Å²) in [4.78, 5) is 22.1. The zero-order valence-corrected chi connectivity index (χ0v) is 11.8. The Balaban J connectivity index is 1.56. The van der Waals surface area contributed by atoms with Gasteiger partial charge in [-0.25, -0.2) is 4.98 Å². The van der Waals surface area contributed by atoms with Gasteiger partial charge in [-0.05, 0) is 25.0 Å². The normalized spacial score (nSPS) is 20.8. The molecule has 8 nitrogen and oxygen atoms in total. The SMILES string of the molecule is O=C1COc2cccnc2N1Cc1noc(C2CCCO2)n1. The smallest absolute Gasteiger partial charge is 0.266 e. The van der Waals surface area contributed by atoms with Gasteiger partial charge in [0.25, 0.3) is 11.8 Å². The quantitative estimate of drug-likeness (QED) is 0.842. The summed E-state index contributed by atoms with van der Waals surface area (Å²) in [5.74, 6) is 1.76. The predicted molar refractivity (Wildman–Crippen MR) is 73.1 cm³/mol. The van der Waals surface area contributed by atoms with E-state index in [9.17, 15) is 4.79 Å². The molecule has 8 heteroatoms. The van der Waals surface area contributed by atoms with E-state index in [0.717, 1.165) is 12.8 Å². The number of carbonyl (C=O) groups is 1. The molecule has 1 fully saturated rings. The molecule has 4 heterocycles. The Morgan fingerprint density at radius 3 is 3.23 bits per heavy atom. The van der Waals surface area contributed by atoms with E-state index in [4.69, 9.17) is 14.0 Å². The lowest BCUT2D eigenvalue weighted by Gasteiger charge is -2.26. The number of fused-ring (bicyclic) bond motifs is 1. The Bertz CT molecular complexity index is 696. The van der Waals surface area contributed by atoms with Gasteiger partial charge in [0.1, 0.15) is 6.10 Å². The molecule has 1 atom stereocenters. The van der Waals surface area contributed by atoms with Crippen molar-refractivity contribution in [3.8, 4) is 5.75 Å². The van der Waals surface area contributed by atoms with Gasteiger partial charge in [-0.1, -0.05) is 5.16 Å². The fraction of sp³-hybridized carbons (Fsp3) is 0.429. The first kappa shape index (κ1) is 13.2. The van der Waals surface area contributed by atoms with Crippen molar-refractivity contribution in [2.24, 2.45) is 0 Å². The minimum absolute atomic E-state index is 0.0187. The number of carbonyl (C=O) groups excluding carboxylic acids is 1. The van der Waals surface area contributed by atoms with Crippen LogP contribution in [0.25, 0.3) is 0 Å². The summed E-state index contributed by atoms with van der Waals surface area (Å²) in [7, 11) is 0. The van der Waals surface area contributed by atoms with Gasteiger partial charge in [-0.2, -0.15) is 4.98 Å². The van der Waals surface area contributed by atoms with E-state index in [1.807, 2.05) is 0 Å². The summed E-state index contributed by atoms with van der Waals surface area (Å²) in [5.41, 5.74) is 0. The average molecular weight is 302 g/mol. The third-order valence-corrected chi connectivity index (χ3v) is 3.65. The predicted octanol–water partition coefficient (Wildman–Crippen LogP) is 1.24. The highest BCUT2D eigenvalue weighted by atomic mass is 16.5. The number of hydrogen-bond donors (Lipinski definition) is 0. The molecule has 0 radical (unpaired) electrons. The van der Waals surface area contributed by atoms with Crippen LogP contribution in [0.5, 0.6) is 5.75 Å². The Morgan fingerprint density at radius 1 is 1.41 bits per heavy atom. The Hall–Kier alpha value is -2.48. The van der Waals surface area contributed by atoms with Crippen LogP contribution in [-0.2, 0) is 16.1 Å². The van der Waals surface area contributed by atoms with Crippen molar-refractivity contribution >= 4 is 11.7 Å². The molecule has 0 spiro atoms. The minimum Gasteiger partial charge on any atom is -0.480 e. The van der Waals surface area contributed by atoms with Crippen molar-refractivity contribution in [3.05, 3.63) is 30.0 Å². The maximum absolute atomic E-state index is 12.1. The number of pyridine rings is 1. The number of amides is 1. The second-order valence-corrected chi connectivity index (χ2v) is 5.14. The molecule has 2 aromatic rings. The molecule has 1 saturated heterocycles. The second kappa shape index (κ2) is 5.38. The van der Waals surface area contributed by atoms with Crippen LogP contribution in [0.3, 0.4) is 0 Å². The third-order valence-electron chi connectivity index (χ3n) is 3.65. The molecule has 2 aliphatic heterocycles. The molecule has 114 valence electrons. The standard InChI is InChI=1S/C14H14N4O4/c19-12-8-21-9-3-1-5-15-13(9)18(12)7-11-16-14(22-17-11)10-4-2-6-20-10/h1,3,5,10H,2,4,6-8H2. The molecule has 1 amide bonds. The number of nitrogens with zero attached hydrogens (tertiary/aromatic N) is 4. The van der Waals surface area contributed by atoms with E-state index in [0.29, 0.717) is 29.9 Å². The highest BCUT2D eigenvalue weighted by molar-refractivity contribution is 5.96. The lowest BCUT2D eigenvalue weighted by atomic mass is 10.2. The molecule has 0 aromatic carbocycles. The van der Waals surface area contributed by atoms with Crippen LogP contribution in [0.15, 0.2) is 22.9 Å². The first-order valence-electron chi connectivity index (χ1n) is 7.13. The number of hydrogen-bond acceptors (Lipinski definition) is 7. The fourth-order valence-corrected chi connectivity index (χ4v) is 2.57. The zero-order valence-electron chi connectivity index (χ0n) is 11.8. The van der Waals surface area contributed by atoms with Crippen molar-refractivity contribution < 1.29 is 18.8 Å². The summed E-state index contributed by atoms with van der Waals surface area (Å²) < 4.78 is 16.1. The molecule has 0 bridgehead atoms. The van der Waals surface area contributed by atoms with E-state index in [-0.39, 0.29) is 25.2 Å². The van der Waals surface area contributed by atoms with Crippen molar-refractivity contribution in [2.45, 2.75) is 25.5 Å². The largest absolute Gasteiger partial charge is 0.480 e. The summed E-state index contributed by atoms with van der Waals surface area (Å²) in [5, 5.41) is 3.93. The van der Waals surface area contributed by atoms with Gasteiger partial charge in [0.2, 0.25) is 0 Å². The van der Waals surface area contributed by atoms with Gasteiger partial charge in [-0.15, -0.1) is 0 Å². The number of rotatable bonds is 3. The van der Waals surface area contributed by atoms with Gasteiger partial charge < -0.3 is 14.0 Å². The molecule has 2 aliphatic rings. The van der Waals surface area contributed by atoms with Crippen LogP contribution >= 0.6 is 0 Å². The molecular weight excluding hydrogens is 288 g/mol.